The van der Waals surface area contributed by atoms with Crippen LogP contribution in [0.3, 0.4) is 0 Å². The van der Waals surface area contributed by atoms with Gasteiger partial charge in [0.1, 0.15) is 16.5 Å². The Kier molecular flexibility index (Phi) is 6.27. The van der Waals surface area contributed by atoms with Crippen LogP contribution in [0, 0.1) is 6.92 Å². The van der Waals surface area contributed by atoms with E-state index in [-0.39, 0.29) is 16.7 Å². The van der Waals surface area contributed by atoms with Crippen LogP contribution in [0.25, 0.3) is 5.76 Å². The Morgan fingerprint density at radius 1 is 1.06 bits per heavy atom. The summed E-state index contributed by atoms with van der Waals surface area (Å²) in [7, 11) is 0. The van der Waals surface area contributed by atoms with Gasteiger partial charge < -0.3 is 9.84 Å². The van der Waals surface area contributed by atoms with Gasteiger partial charge >= 0.3 is 5.91 Å². The van der Waals surface area contributed by atoms with Gasteiger partial charge in [0.2, 0.25) is 5.13 Å². The van der Waals surface area contributed by atoms with E-state index < -0.39 is 17.7 Å². The van der Waals surface area contributed by atoms with Crippen molar-refractivity contribution in [3.05, 3.63) is 75.8 Å². The maximum atomic E-state index is 13.2. The van der Waals surface area contributed by atoms with Crippen molar-refractivity contribution in [2.24, 2.45) is 0 Å². The van der Waals surface area contributed by atoms with E-state index in [1.165, 1.54) is 16.2 Å². The van der Waals surface area contributed by atoms with Crippen LogP contribution in [-0.2, 0) is 15.0 Å². The zero-order valence-electron chi connectivity index (χ0n) is 19.8. The molecule has 0 radical (unpaired) electrons. The van der Waals surface area contributed by atoms with E-state index in [0.717, 1.165) is 5.56 Å². The van der Waals surface area contributed by atoms with Crippen molar-refractivity contribution >= 4 is 33.9 Å². The molecule has 176 valence electrons. The third-order valence-electron chi connectivity index (χ3n) is 5.70. The first-order chi connectivity index (χ1) is 16.1. The first kappa shape index (κ1) is 23.6. The molecule has 1 amide bonds. The highest BCUT2D eigenvalue weighted by atomic mass is 32.1. The summed E-state index contributed by atoms with van der Waals surface area (Å²) in [5.41, 5.74) is 2.20. The highest BCUT2D eigenvalue weighted by molar-refractivity contribution is 7.15. The number of carbonyl (C=O) groups is 2. The summed E-state index contributed by atoms with van der Waals surface area (Å²) in [6.45, 7) is 10.5. The molecule has 1 atom stereocenters. The van der Waals surface area contributed by atoms with Crippen molar-refractivity contribution in [2.45, 2.75) is 46.1 Å². The summed E-state index contributed by atoms with van der Waals surface area (Å²) in [6.07, 6.45) is 0. The molecule has 1 N–H and O–H groups in total. The summed E-state index contributed by atoms with van der Waals surface area (Å²) in [6, 6.07) is 13.7. The van der Waals surface area contributed by atoms with E-state index in [4.69, 9.17) is 4.74 Å². The maximum absolute atomic E-state index is 13.2. The molecule has 1 saturated heterocycles. The SMILES string of the molecule is CCOc1ccc(C(O)=C2C(=O)C(=O)N(c3nnc(C)s3)[C@@H]2c2ccc(C(C)(C)C)cc2)cc1. The quantitative estimate of drug-likeness (QED) is 0.310. The van der Waals surface area contributed by atoms with E-state index in [1.807, 2.05) is 31.2 Å². The van der Waals surface area contributed by atoms with E-state index in [0.29, 0.717) is 33.6 Å². The van der Waals surface area contributed by atoms with E-state index in [2.05, 4.69) is 31.0 Å². The standard InChI is InChI=1S/C26H27N3O4S/c1-6-33-19-13-9-17(10-14-19)22(30)20-21(16-7-11-18(12-8-16)26(3,4)5)29(24(32)23(20)31)25-28-27-15(2)34-25/h7-14,21,30H,6H2,1-5H3/t21-/m1/s1. The van der Waals surface area contributed by atoms with Crippen LogP contribution >= 0.6 is 11.3 Å². The van der Waals surface area contributed by atoms with Crippen molar-refractivity contribution in [3.8, 4) is 5.75 Å². The molecular weight excluding hydrogens is 450 g/mol. The number of benzene rings is 2. The second kappa shape index (κ2) is 9.02. The number of ether oxygens (including phenoxy) is 1. The van der Waals surface area contributed by atoms with Crippen LogP contribution < -0.4 is 9.64 Å². The van der Waals surface area contributed by atoms with Crippen LogP contribution in [0.5, 0.6) is 5.75 Å². The van der Waals surface area contributed by atoms with Crippen molar-refractivity contribution in [2.75, 3.05) is 11.5 Å². The minimum absolute atomic E-state index is 0.0190. The molecule has 1 fully saturated rings. The Morgan fingerprint density at radius 2 is 1.71 bits per heavy atom. The summed E-state index contributed by atoms with van der Waals surface area (Å²) in [5.74, 6) is -1.09. The lowest BCUT2D eigenvalue weighted by atomic mass is 9.85. The number of anilines is 1. The smallest absolute Gasteiger partial charge is 0.301 e. The second-order valence-corrected chi connectivity index (χ2v) is 10.3. The zero-order chi connectivity index (χ0) is 24.6. The van der Waals surface area contributed by atoms with Crippen molar-refractivity contribution in [1.29, 1.82) is 0 Å². The summed E-state index contributed by atoms with van der Waals surface area (Å²) >= 11 is 1.22. The number of aryl methyl sites for hydroxylation is 1. The monoisotopic (exact) mass is 477 g/mol. The fourth-order valence-corrected chi connectivity index (χ4v) is 4.64. The molecule has 2 heterocycles. The van der Waals surface area contributed by atoms with Crippen LogP contribution in [0.1, 0.15) is 55.4 Å². The van der Waals surface area contributed by atoms with Crippen LogP contribution in [0.4, 0.5) is 5.13 Å². The van der Waals surface area contributed by atoms with Gasteiger partial charge in [-0.1, -0.05) is 56.4 Å². The molecule has 0 aliphatic carbocycles. The number of nitrogens with zero attached hydrogens (tertiary/aromatic N) is 3. The minimum atomic E-state index is -0.826. The predicted octanol–water partition coefficient (Wildman–Crippen LogP) is 5.17. The number of aliphatic hydroxyl groups excluding tert-OH is 1. The number of Topliss-reactive ketones (excluding diaryl/α,β-unsaturated/α-hetero) is 1. The molecule has 1 aliphatic rings. The summed E-state index contributed by atoms with van der Waals surface area (Å²) in [5, 5.41) is 20.3. The highest BCUT2D eigenvalue weighted by Gasteiger charge is 2.48. The van der Waals surface area contributed by atoms with Gasteiger partial charge in [0.15, 0.2) is 0 Å². The molecule has 8 heteroatoms. The van der Waals surface area contributed by atoms with Gasteiger partial charge in [-0.05, 0) is 54.7 Å². The van der Waals surface area contributed by atoms with Gasteiger partial charge in [0.05, 0.1) is 18.2 Å². The Morgan fingerprint density at radius 3 is 2.24 bits per heavy atom. The summed E-state index contributed by atoms with van der Waals surface area (Å²) in [4.78, 5) is 27.7. The Labute approximate surface area is 202 Å². The van der Waals surface area contributed by atoms with Crippen LogP contribution in [-0.4, -0.2) is 33.6 Å². The maximum Gasteiger partial charge on any atom is 0.301 e. The molecule has 1 aliphatic heterocycles. The third-order valence-corrected chi connectivity index (χ3v) is 6.54. The molecule has 0 bridgehead atoms. The van der Waals surface area contributed by atoms with Gasteiger partial charge in [0, 0.05) is 5.56 Å². The molecular formula is C26H27N3O4S. The molecule has 3 aromatic rings. The molecule has 34 heavy (non-hydrogen) atoms. The Bertz CT molecular complexity index is 1250. The summed E-state index contributed by atoms with van der Waals surface area (Å²) < 4.78 is 5.47. The van der Waals surface area contributed by atoms with Crippen LogP contribution in [0.15, 0.2) is 54.1 Å². The number of hydrogen-bond acceptors (Lipinski definition) is 7. The average molecular weight is 478 g/mol. The number of rotatable bonds is 5. The molecule has 1 aromatic heterocycles. The number of carbonyl (C=O) groups excluding carboxylic acids is 2. The molecule has 4 rings (SSSR count). The van der Waals surface area contributed by atoms with E-state index >= 15 is 0 Å². The van der Waals surface area contributed by atoms with Gasteiger partial charge in [-0.2, -0.15) is 0 Å². The highest BCUT2D eigenvalue weighted by Crippen LogP contribution is 2.43. The van der Waals surface area contributed by atoms with Crippen molar-refractivity contribution < 1.29 is 19.4 Å². The number of aromatic nitrogens is 2. The molecule has 7 nitrogen and oxygen atoms in total. The Balaban J connectivity index is 1.87. The number of ketones is 1. The largest absolute Gasteiger partial charge is 0.507 e. The van der Waals surface area contributed by atoms with Crippen LogP contribution in [0.2, 0.25) is 0 Å². The fourth-order valence-electron chi connectivity index (χ4n) is 3.93. The number of amides is 1. The normalized spacial score (nSPS) is 17.9. The Hall–Kier alpha value is -3.52. The van der Waals surface area contributed by atoms with Crippen molar-refractivity contribution in [3.63, 3.8) is 0 Å². The minimum Gasteiger partial charge on any atom is -0.507 e. The molecule has 0 spiro atoms. The lowest BCUT2D eigenvalue weighted by molar-refractivity contribution is -0.132. The van der Waals surface area contributed by atoms with Gasteiger partial charge in [-0.25, -0.2) is 0 Å². The molecule has 0 unspecified atom stereocenters. The number of aliphatic hydroxyl groups is 1. The first-order valence-electron chi connectivity index (χ1n) is 11.1. The third kappa shape index (κ3) is 4.33. The topological polar surface area (TPSA) is 92.6 Å². The van der Waals surface area contributed by atoms with Gasteiger partial charge in [-0.3, -0.25) is 14.5 Å². The van der Waals surface area contributed by atoms with Gasteiger partial charge in [-0.15, -0.1) is 10.2 Å². The molecule has 2 aromatic carbocycles. The zero-order valence-corrected chi connectivity index (χ0v) is 20.6. The van der Waals surface area contributed by atoms with Gasteiger partial charge in [0.25, 0.3) is 5.78 Å². The number of hydrogen-bond donors (Lipinski definition) is 1. The lowest BCUT2D eigenvalue weighted by Crippen LogP contribution is -2.29. The second-order valence-electron chi connectivity index (χ2n) is 9.10. The fraction of sp³-hybridized carbons (Fsp3) is 0.308. The lowest BCUT2D eigenvalue weighted by Gasteiger charge is -2.24. The predicted molar refractivity (Wildman–Crippen MR) is 132 cm³/mol. The first-order valence-corrected chi connectivity index (χ1v) is 11.9. The molecule has 0 saturated carbocycles. The average Bonchev–Trinajstić information content (AvgIpc) is 3.34. The van der Waals surface area contributed by atoms with Crippen molar-refractivity contribution in [1.82, 2.24) is 10.2 Å². The van der Waals surface area contributed by atoms with E-state index in [1.54, 1.807) is 31.2 Å². The van der Waals surface area contributed by atoms with E-state index in [9.17, 15) is 14.7 Å².